The molecule has 0 fully saturated rings. The summed E-state index contributed by atoms with van der Waals surface area (Å²) in [6.45, 7) is 0.00917. The molecule has 4 rings (SSSR count). The Hall–Kier alpha value is -3.78. The highest BCUT2D eigenvalue weighted by Gasteiger charge is 2.73. The maximum Gasteiger partial charge on any atom is 0.411 e. The summed E-state index contributed by atoms with van der Waals surface area (Å²) >= 11 is 0. The van der Waals surface area contributed by atoms with Gasteiger partial charge >= 0.3 is 12.4 Å². The number of fused-ring (bicyclic) bond motifs is 2. The van der Waals surface area contributed by atoms with Crippen molar-refractivity contribution in [3.05, 3.63) is 69.8 Å². The van der Waals surface area contributed by atoms with Gasteiger partial charge in [0.1, 0.15) is 0 Å². The van der Waals surface area contributed by atoms with Crippen molar-refractivity contribution in [2.45, 2.75) is 94.8 Å². The van der Waals surface area contributed by atoms with E-state index < -0.39 is 63.7 Å². The first-order chi connectivity index (χ1) is 23.2. The molecule has 0 spiro atoms. The Morgan fingerprint density at radius 2 is 0.755 bits per heavy atom. The third-order valence-corrected chi connectivity index (χ3v) is 9.24. The van der Waals surface area contributed by atoms with Crippen LogP contribution in [0, 0.1) is 0 Å². The van der Waals surface area contributed by atoms with Gasteiger partial charge in [-0.2, -0.15) is 26.3 Å². The van der Waals surface area contributed by atoms with Gasteiger partial charge in [-0.05, 0) is 61.1 Å². The molecular formula is C35H40F6N2O6. The Kier molecular flexibility index (Phi) is 12.3. The van der Waals surface area contributed by atoms with E-state index in [1.54, 1.807) is 0 Å². The topological polar surface area (TPSA) is 115 Å². The van der Waals surface area contributed by atoms with E-state index in [1.165, 1.54) is 0 Å². The number of benzene rings is 2. The molecular weight excluding hydrogens is 658 g/mol. The predicted molar refractivity (Wildman–Crippen MR) is 166 cm³/mol. The lowest BCUT2D eigenvalue weighted by atomic mass is 9.71. The van der Waals surface area contributed by atoms with Crippen molar-refractivity contribution in [2.24, 2.45) is 0 Å². The van der Waals surface area contributed by atoms with Crippen LogP contribution in [0.5, 0.6) is 0 Å². The number of rotatable bonds is 18. The van der Waals surface area contributed by atoms with Gasteiger partial charge in [-0.3, -0.25) is 29.0 Å². The SMILES string of the molecule is O=C1c2ccc(C(c3ccc4c(c3)C(=O)N(CCCCCCCCO)C4=O)(C(F)(F)F)C(F)(F)F)cc2C(=O)N1CCCCCCCCO. The van der Waals surface area contributed by atoms with E-state index in [1.807, 2.05) is 0 Å². The summed E-state index contributed by atoms with van der Waals surface area (Å²) in [5.74, 6) is -3.63. The molecule has 2 N–H and O–H groups in total. The van der Waals surface area contributed by atoms with Crippen molar-refractivity contribution < 1.29 is 55.7 Å². The first kappa shape index (κ1) is 38.0. The van der Waals surface area contributed by atoms with E-state index in [0.29, 0.717) is 62.8 Å². The molecule has 0 aromatic heterocycles. The minimum Gasteiger partial charge on any atom is -0.396 e. The lowest BCUT2D eigenvalue weighted by Gasteiger charge is -2.38. The Bertz CT molecular complexity index is 1430. The second-order valence-corrected chi connectivity index (χ2v) is 12.5. The fraction of sp³-hybridized carbons (Fsp3) is 0.543. The van der Waals surface area contributed by atoms with Gasteiger partial charge in [0.2, 0.25) is 5.41 Å². The van der Waals surface area contributed by atoms with Crippen LogP contribution >= 0.6 is 0 Å². The highest BCUT2D eigenvalue weighted by Crippen LogP contribution is 2.57. The van der Waals surface area contributed by atoms with Gasteiger partial charge in [-0.15, -0.1) is 0 Å². The predicted octanol–water partition coefficient (Wildman–Crippen LogP) is 6.96. The number of halogens is 6. The Labute approximate surface area is 280 Å². The van der Waals surface area contributed by atoms with Crippen molar-refractivity contribution in [2.75, 3.05) is 26.3 Å². The van der Waals surface area contributed by atoms with E-state index in [-0.39, 0.29) is 37.4 Å². The molecule has 4 amide bonds. The zero-order valence-electron chi connectivity index (χ0n) is 27.0. The molecule has 268 valence electrons. The number of hydrogen-bond donors (Lipinski definition) is 2. The second-order valence-electron chi connectivity index (χ2n) is 12.5. The van der Waals surface area contributed by atoms with Crippen LogP contribution < -0.4 is 0 Å². The summed E-state index contributed by atoms with van der Waals surface area (Å²) in [5, 5.41) is 17.7. The van der Waals surface area contributed by atoms with Crippen LogP contribution in [0.1, 0.15) is 130 Å². The van der Waals surface area contributed by atoms with E-state index in [0.717, 1.165) is 60.5 Å². The van der Waals surface area contributed by atoms with Gasteiger partial charge in [0.25, 0.3) is 23.6 Å². The molecule has 8 nitrogen and oxygen atoms in total. The van der Waals surface area contributed by atoms with E-state index >= 15 is 26.3 Å². The number of carbonyl (C=O) groups excluding carboxylic acids is 4. The molecule has 0 bridgehead atoms. The van der Waals surface area contributed by atoms with Crippen LogP contribution in [0.15, 0.2) is 36.4 Å². The zero-order valence-corrected chi connectivity index (χ0v) is 27.0. The molecule has 2 aromatic carbocycles. The largest absolute Gasteiger partial charge is 0.411 e. The van der Waals surface area contributed by atoms with Crippen molar-refractivity contribution in [1.29, 1.82) is 0 Å². The zero-order chi connectivity index (χ0) is 36.0. The first-order valence-electron chi connectivity index (χ1n) is 16.6. The van der Waals surface area contributed by atoms with E-state index in [9.17, 15) is 19.2 Å². The van der Waals surface area contributed by atoms with Crippen molar-refractivity contribution >= 4 is 23.6 Å². The fourth-order valence-electron chi connectivity index (χ4n) is 6.61. The summed E-state index contributed by atoms with van der Waals surface area (Å²) in [7, 11) is 0. The number of nitrogens with zero attached hydrogens (tertiary/aromatic N) is 2. The van der Waals surface area contributed by atoms with Crippen LogP contribution in [0.4, 0.5) is 26.3 Å². The second kappa shape index (κ2) is 15.8. The molecule has 2 aromatic rings. The summed E-state index contributed by atoms with van der Waals surface area (Å²) in [4.78, 5) is 53.9. The monoisotopic (exact) mass is 698 g/mol. The maximum absolute atomic E-state index is 15.0. The molecule has 2 heterocycles. The van der Waals surface area contributed by atoms with Crippen molar-refractivity contribution in [1.82, 2.24) is 9.80 Å². The molecule has 0 saturated carbocycles. The van der Waals surface area contributed by atoms with Crippen LogP contribution in [0.2, 0.25) is 0 Å². The average Bonchev–Trinajstić information content (AvgIpc) is 3.42. The number of aliphatic hydroxyl groups is 2. The normalized spacial score (nSPS) is 15.1. The summed E-state index contributed by atoms with van der Waals surface area (Å²) in [5.41, 5.74) is -9.21. The molecule has 49 heavy (non-hydrogen) atoms. The molecule has 14 heteroatoms. The molecule has 0 atom stereocenters. The highest BCUT2D eigenvalue weighted by atomic mass is 19.4. The minimum absolute atomic E-state index is 0.0630. The number of unbranched alkanes of at least 4 members (excludes halogenated alkanes) is 10. The average molecular weight is 699 g/mol. The van der Waals surface area contributed by atoms with Gasteiger partial charge in [-0.1, -0.05) is 63.5 Å². The molecule has 0 unspecified atom stereocenters. The van der Waals surface area contributed by atoms with Crippen molar-refractivity contribution in [3.8, 4) is 0 Å². The van der Waals surface area contributed by atoms with E-state index in [4.69, 9.17) is 10.2 Å². The van der Waals surface area contributed by atoms with Crippen LogP contribution in [-0.4, -0.2) is 82.3 Å². The molecule has 0 radical (unpaired) electrons. The summed E-state index contributed by atoms with van der Waals surface area (Å²) in [6.07, 6.45) is -4.02. The van der Waals surface area contributed by atoms with Gasteiger partial charge in [0.15, 0.2) is 0 Å². The van der Waals surface area contributed by atoms with E-state index in [2.05, 4.69) is 0 Å². The van der Waals surface area contributed by atoms with Gasteiger partial charge < -0.3 is 10.2 Å². The summed E-state index contributed by atoms with van der Waals surface area (Å²) in [6, 6.07) is 3.56. The third-order valence-electron chi connectivity index (χ3n) is 9.24. The molecule has 2 aliphatic rings. The highest BCUT2D eigenvalue weighted by molar-refractivity contribution is 6.22. The van der Waals surface area contributed by atoms with Gasteiger partial charge in [0, 0.05) is 26.3 Å². The number of imide groups is 2. The summed E-state index contributed by atoms with van der Waals surface area (Å²) < 4.78 is 90.1. The Morgan fingerprint density at radius 1 is 0.449 bits per heavy atom. The van der Waals surface area contributed by atoms with Gasteiger partial charge in [-0.25, -0.2) is 0 Å². The van der Waals surface area contributed by atoms with Crippen LogP contribution in [0.25, 0.3) is 0 Å². The fourth-order valence-corrected chi connectivity index (χ4v) is 6.61. The Balaban J connectivity index is 1.63. The number of aliphatic hydroxyl groups excluding tert-OH is 2. The minimum atomic E-state index is -6.03. The lowest BCUT2D eigenvalue weighted by Crippen LogP contribution is -2.55. The number of amides is 4. The first-order valence-corrected chi connectivity index (χ1v) is 16.6. The smallest absolute Gasteiger partial charge is 0.396 e. The van der Waals surface area contributed by atoms with Crippen LogP contribution in [-0.2, 0) is 5.41 Å². The number of carbonyl (C=O) groups is 4. The number of hydrogen-bond acceptors (Lipinski definition) is 6. The Morgan fingerprint density at radius 3 is 1.08 bits per heavy atom. The maximum atomic E-state index is 15.0. The van der Waals surface area contributed by atoms with Gasteiger partial charge in [0.05, 0.1) is 22.3 Å². The standard InChI is InChI=1S/C35H40F6N2O6/c36-34(37,38)33(35(39,40)41,23-13-15-25-27(21-23)31(48)42(29(25)46)17-9-5-1-3-7-11-19-44)24-14-16-26-28(22-24)32(49)43(30(26)47)18-10-6-2-4-8-12-20-45/h13-16,21-22,44-45H,1-12,17-20H2. The quantitative estimate of drug-likeness (QED) is 0.0989. The number of alkyl halides is 6. The molecule has 2 aliphatic heterocycles. The molecule has 0 aliphatic carbocycles. The van der Waals surface area contributed by atoms with Crippen molar-refractivity contribution in [3.63, 3.8) is 0 Å². The third kappa shape index (κ3) is 7.54. The lowest BCUT2D eigenvalue weighted by molar-refractivity contribution is -0.288. The van der Waals surface area contributed by atoms with Crippen LogP contribution in [0.3, 0.4) is 0 Å². The molecule has 0 saturated heterocycles.